The average molecular weight is 218 g/mol. The van der Waals surface area contributed by atoms with E-state index in [-0.39, 0.29) is 19.4 Å². The third-order valence-corrected chi connectivity index (χ3v) is 1.45. The largest absolute Gasteiger partial charge is 0.505 e. The third kappa shape index (κ3) is 5.60. The van der Waals surface area contributed by atoms with Gasteiger partial charge >= 0.3 is 18.5 Å². The molecule has 0 bridgehead atoms. The maximum absolute atomic E-state index is 12.2. The van der Waals surface area contributed by atoms with Gasteiger partial charge in [-0.15, -0.1) is 0 Å². The SMILES string of the molecule is O=C(O)OCCCCC(F)(F)C(F)F. The third-order valence-electron chi connectivity index (χ3n) is 1.45. The summed E-state index contributed by atoms with van der Waals surface area (Å²) in [6, 6.07) is 0. The summed E-state index contributed by atoms with van der Waals surface area (Å²) in [6.07, 6.45) is -6.35. The number of ether oxygens (including phenoxy) is 1. The first kappa shape index (κ1) is 13.0. The van der Waals surface area contributed by atoms with Crippen molar-refractivity contribution in [2.75, 3.05) is 6.61 Å². The maximum atomic E-state index is 12.2. The fourth-order valence-electron chi connectivity index (χ4n) is 0.731. The van der Waals surface area contributed by atoms with Gasteiger partial charge in [-0.1, -0.05) is 0 Å². The molecule has 14 heavy (non-hydrogen) atoms. The molecule has 0 aromatic carbocycles. The molecule has 0 fully saturated rings. The predicted molar refractivity (Wildman–Crippen MR) is 38.8 cm³/mol. The quantitative estimate of drug-likeness (QED) is 0.423. The highest BCUT2D eigenvalue weighted by molar-refractivity contribution is 5.56. The zero-order valence-electron chi connectivity index (χ0n) is 7.18. The van der Waals surface area contributed by atoms with Gasteiger partial charge in [0.2, 0.25) is 0 Å². The number of hydrogen-bond acceptors (Lipinski definition) is 2. The van der Waals surface area contributed by atoms with Crippen LogP contribution in [0.25, 0.3) is 0 Å². The molecule has 0 heterocycles. The Balaban J connectivity index is 3.49. The van der Waals surface area contributed by atoms with E-state index < -0.39 is 24.9 Å². The molecular weight excluding hydrogens is 208 g/mol. The Morgan fingerprint density at radius 1 is 1.36 bits per heavy atom. The van der Waals surface area contributed by atoms with Gasteiger partial charge in [-0.2, -0.15) is 0 Å². The van der Waals surface area contributed by atoms with E-state index in [4.69, 9.17) is 5.11 Å². The normalized spacial score (nSPS) is 11.8. The van der Waals surface area contributed by atoms with E-state index in [0.717, 1.165) is 0 Å². The number of unbranched alkanes of at least 4 members (excludes halogenated alkanes) is 1. The zero-order valence-corrected chi connectivity index (χ0v) is 7.18. The minimum Gasteiger partial charge on any atom is -0.450 e. The number of rotatable bonds is 6. The molecule has 0 aliphatic rings. The van der Waals surface area contributed by atoms with Crippen molar-refractivity contribution in [3.63, 3.8) is 0 Å². The summed E-state index contributed by atoms with van der Waals surface area (Å²) < 4.78 is 51.6. The van der Waals surface area contributed by atoms with E-state index in [0.29, 0.717) is 0 Å². The predicted octanol–water partition coefficient (Wildman–Crippen LogP) is 2.75. The Kier molecular flexibility index (Phi) is 5.26. The second kappa shape index (κ2) is 5.66. The van der Waals surface area contributed by atoms with Crippen molar-refractivity contribution in [2.24, 2.45) is 0 Å². The summed E-state index contributed by atoms with van der Waals surface area (Å²) in [6.45, 7) is -0.255. The van der Waals surface area contributed by atoms with Crippen molar-refractivity contribution in [1.29, 1.82) is 0 Å². The Hall–Kier alpha value is -1.01. The second-order valence-corrected chi connectivity index (χ2v) is 2.63. The Labute approximate surface area is 77.7 Å². The van der Waals surface area contributed by atoms with E-state index >= 15 is 0 Å². The molecule has 0 rings (SSSR count). The molecule has 0 spiro atoms. The first-order valence-corrected chi connectivity index (χ1v) is 3.88. The molecule has 0 saturated carbocycles. The van der Waals surface area contributed by atoms with Gasteiger partial charge in [0.25, 0.3) is 0 Å². The van der Waals surface area contributed by atoms with E-state index in [1.807, 2.05) is 0 Å². The molecule has 0 saturated heterocycles. The molecule has 0 radical (unpaired) electrons. The van der Waals surface area contributed by atoms with Crippen LogP contribution in [-0.4, -0.2) is 30.2 Å². The van der Waals surface area contributed by atoms with E-state index in [1.165, 1.54) is 0 Å². The van der Waals surface area contributed by atoms with Gasteiger partial charge in [-0.3, -0.25) is 0 Å². The first-order chi connectivity index (χ1) is 6.36. The van der Waals surface area contributed by atoms with E-state index in [1.54, 1.807) is 0 Å². The highest BCUT2D eigenvalue weighted by Crippen LogP contribution is 2.28. The highest BCUT2D eigenvalue weighted by atomic mass is 19.3. The molecule has 3 nitrogen and oxygen atoms in total. The second-order valence-electron chi connectivity index (χ2n) is 2.63. The molecule has 0 amide bonds. The average Bonchev–Trinajstić information content (AvgIpc) is 2.02. The summed E-state index contributed by atoms with van der Waals surface area (Å²) in [5.41, 5.74) is 0. The number of halogens is 4. The number of carbonyl (C=O) groups is 1. The molecule has 0 aliphatic heterocycles. The molecular formula is C7H10F4O3. The molecule has 0 aromatic heterocycles. The molecule has 0 unspecified atom stereocenters. The van der Waals surface area contributed by atoms with Crippen molar-refractivity contribution in [2.45, 2.75) is 31.6 Å². The van der Waals surface area contributed by atoms with Crippen LogP contribution in [0.15, 0.2) is 0 Å². The van der Waals surface area contributed by atoms with Gasteiger partial charge in [0.05, 0.1) is 6.61 Å². The molecule has 0 atom stereocenters. The maximum Gasteiger partial charge on any atom is 0.505 e. The lowest BCUT2D eigenvalue weighted by atomic mass is 10.1. The van der Waals surface area contributed by atoms with Crippen molar-refractivity contribution in [3.8, 4) is 0 Å². The lowest BCUT2D eigenvalue weighted by Crippen LogP contribution is -2.26. The zero-order chi connectivity index (χ0) is 11.2. The first-order valence-electron chi connectivity index (χ1n) is 3.88. The Bertz CT molecular complexity index is 184. The minimum atomic E-state index is -4.00. The van der Waals surface area contributed by atoms with Crippen LogP contribution in [0.3, 0.4) is 0 Å². The molecule has 84 valence electrons. The van der Waals surface area contributed by atoms with Gasteiger partial charge < -0.3 is 9.84 Å². The standard InChI is InChI=1S/C7H10F4O3/c8-5(9)7(10,11)3-1-2-4-14-6(12)13/h5H,1-4H2,(H,12,13). The van der Waals surface area contributed by atoms with Gasteiger partial charge in [-0.05, 0) is 12.8 Å². The molecule has 0 aliphatic carbocycles. The number of carboxylic acid groups (broad SMARTS) is 1. The monoisotopic (exact) mass is 218 g/mol. The van der Waals surface area contributed by atoms with Gasteiger partial charge in [0.1, 0.15) is 0 Å². The summed E-state index contributed by atoms with van der Waals surface area (Å²) in [5, 5.41) is 7.97. The van der Waals surface area contributed by atoms with Crippen LogP contribution in [-0.2, 0) is 4.74 Å². The Morgan fingerprint density at radius 2 is 1.93 bits per heavy atom. The lowest BCUT2D eigenvalue weighted by molar-refractivity contribution is -0.134. The lowest BCUT2D eigenvalue weighted by Gasteiger charge is -2.14. The van der Waals surface area contributed by atoms with Crippen LogP contribution >= 0.6 is 0 Å². The van der Waals surface area contributed by atoms with Crippen molar-refractivity contribution in [3.05, 3.63) is 0 Å². The fourth-order valence-corrected chi connectivity index (χ4v) is 0.731. The van der Waals surface area contributed by atoms with Crippen LogP contribution in [0.1, 0.15) is 19.3 Å². The summed E-state index contributed by atoms with van der Waals surface area (Å²) in [5.74, 6) is -4.00. The fraction of sp³-hybridized carbons (Fsp3) is 0.857. The molecule has 0 aromatic rings. The minimum absolute atomic E-state index is 0.00854. The van der Waals surface area contributed by atoms with Crippen molar-refractivity contribution < 1.29 is 32.2 Å². The summed E-state index contributed by atoms with van der Waals surface area (Å²) >= 11 is 0. The van der Waals surface area contributed by atoms with Gasteiger partial charge in [0, 0.05) is 6.42 Å². The van der Waals surface area contributed by atoms with Crippen LogP contribution in [0, 0.1) is 0 Å². The van der Waals surface area contributed by atoms with Gasteiger partial charge in [-0.25, -0.2) is 22.4 Å². The van der Waals surface area contributed by atoms with Crippen molar-refractivity contribution >= 4 is 6.16 Å². The van der Waals surface area contributed by atoms with Crippen LogP contribution in [0.5, 0.6) is 0 Å². The highest BCUT2D eigenvalue weighted by Gasteiger charge is 2.39. The smallest absolute Gasteiger partial charge is 0.450 e. The van der Waals surface area contributed by atoms with Crippen molar-refractivity contribution in [1.82, 2.24) is 0 Å². The van der Waals surface area contributed by atoms with E-state index in [2.05, 4.69) is 4.74 Å². The number of alkyl halides is 4. The van der Waals surface area contributed by atoms with Crippen LogP contribution in [0.2, 0.25) is 0 Å². The summed E-state index contributed by atoms with van der Waals surface area (Å²) in [4.78, 5) is 9.78. The number of hydrogen-bond donors (Lipinski definition) is 1. The summed E-state index contributed by atoms with van der Waals surface area (Å²) in [7, 11) is 0. The van der Waals surface area contributed by atoms with Crippen LogP contribution in [0.4, 0.5) is 22.4 Å². The van der Waals surface area contributed by atoms with Gasteiger partial charge in [0.15, 0.2) is 0 Å². The molecule has 1 N–H and O–H groups in total. The Morgan fingerprint density at radius 3 is 2.36 bits per heavy atom. The van der Waals surface area contributed by atoms with E-state index in [9.17, 15) is 22.4 Å². The van der Waals surface area contributed by atoms with Crippen LogP contribution < -0.4 is 0 Å². The topological polar surface area (TPSA) is 46.5 Å². The molecule has 7 heteroatoms.